The van der Waals surface area contributed by atoms with Crippen LogP contribution >= 0.6 is 0 Å². The Morgan fingerprint density at radius 3 is 2.75 bits per heavy atom. The molecule has 14 heteroatoms. The Balaban J connectivity index is 1.17. The van der Waals surface area contributed by atoms with Gasteiger partial charge in [-0.1, -0.05) is 18.2 Å². The van der Waals surface area contributed by atoms with Crippen LogP contribution in [0.2, 0.25) is 0 Å². The Hall–Kier alpha value is -3.46. The van der Waals surface area contributed by atoms with Crippen LogP contribution in [0.4, 0.5) is 20.3 Å². The number of pyridine rings is 1. The summed E-state index contributed by atoms with van der Waals surface area (Å²) in [6.45, 7) is 5.46. The van der Waals surface area contributed by atoms with Crippen LogP contribution in [0.1, 0.15) is 26.7 Å². The maximum Gasteiger partial charge on any atom is 0.290 e. The second-order valence-corrected chi connectivity index (χ2v) is 11.9. The van der Waals surface area contributed by atoms with Gasteiger partial charge in [0, 0.05) is 38.6 Å². The van der Waals surface area contributed by atoms with Gasteiger partial charge in [-0.25, -0.2) is 13.8 Å². The van der Waals surface area contributed by atoms with Crippen LogP contribution in [0, 0.1) is 0 Å². The smallest absolute Gasteiger partial charge is 0.290 e. The van der Waals surface area contributed by atoms with E-state index in [1.165, 1.54) is 13.3 Å². The van der Waals surface area contributed by atoms with Gasteiger partial charge in [0.2, 0.25) is 5.88 Å². The molecule has 5 rings (SSSR count). The number of aliphatic hydroxyl groups is 1. The molecule has 240 valence electrons. The third kappa shape index (κ3) is 7.09. The molecule has 3 aliphatic heterocycles. The highest BCUT2D eigenvalue weighted by Crippen LogP contribution is 2.33. The molecule has 1 aromatic rings. The lowest BCUT2D eigenvalue weighted by Crippen LogP contribution is -2.57. The molecule has 4 heterocycles. The first-order valence-corrected chi connectivity index (χ1v) is 15.0. The van der Waals surface area contributed by atoms with Crippen molar-refractivity contribution < 1.29 is 28.2 Å². The highest BCUT2D eigenvalue weighted by Gasteiger charge is 2.48. The van der Waals surface area contributed by atoms with E-state index in [0.717, 1.165) is 35.8 Å². The minimum Gasteiger partial charge on any atom is -0.479 e. The van der Waals surface area contributed by atoms with E-state index in [9.17, 15) is 18.7 Å². The Bertz CT molecular complexity index is 1340. The number of piperazine rings is 1. The van der Waals surface area contributed by atoms with Crippen molar-refractivity contribution >= 4 is 29.6 Å². The molecule has 4 N–H and O–H groups in total. The van der Waals surface area contributed by atoms with Gasteiger partial charge in [0.25, 0.3) is 11.8 Å². The number of alkyl halides is 2. The van der Waals surface area contributed by atoms with Crippen molar-refractivity contribution in [2.24, 2.45) is 15.7 Å². The summed E-state index contributed by atoms with van der Waals surface area (Å²) in [7, 11) is 3.74. The Labute approximate surface area is 256 Å². The Morgan fingerprint density at radius 2 is 2.07 bits per heavy atom. The average Bonchev–Trinajstić information content (AvgIpc) is 2.99. The number of aliphatic hydroxyl groups excluding tert-OH is 1. The number of nitrogens with two attached hydrogens (primary N) is 1. The number of amides is 1. The Kier molecular flexibility index (Phi) is 9.63. The molecule has 0 saturated carbocycles. The van der Waals surface area contributed by atoms with Crippen LogP contribution in [0.3, 0.4) is 0 Å². The minimum atomic E-state index is -3.27. The quantitative estimate of drug-likeness (QED) is 0.417. The van der Waals surface area contributed by atoms with Crippen molar-refractivity contribution in [3.05, 3.63) is 35.9 Å². The number of likely N-dealkylation sites (N-methyl/N-ethyl adjacent to an activating group) is 1. The molecule has 2 fully saturated rings. The van der Waals surface area contributed by atoms with Crippen LogP contribution < -0.4 is 20.7 Å². The SMILES string of the molecule is COc1nc(NC2=NC=NC(C3=CC(N)C(OC4CCN(C(=O)[C@H](C)O)CC4(F)F)C=C3)C2)ccc1N1CCN(C)[C@H](C)C1. The number of amidine groups is 1. The predicted octanol–water partition coefficient (Wildman–Crippen LogP) is 1.67. The molecule has 4 aliphatic rings. The molecule has 0 aromatic carbocycles. The molecule has 0 bridgehead atoms. The number of piperidine rings is 1. The number of ether oxygens (including phenoxy) is 2. The molecule has 0 radical (unpaired) electrons. The number of carbonyl (C=O) groups excluding carboxylic acids is 1. The largest absolute Gasteiger partial charge is 0.479 e. The van der Waals surface area contributed by atoms with Gasteiger partial charge in [0.15, 0.2) is 0 Å². The van der Waals surface area contributed by atoms with Gasteiger partial charge in [0.05, 0.1) is 31.8 Å². The van der Waals surface area contributed by atoms with Gasteiger partial charge in [-0.05, 0) is 45.0 Å². The van der Waals surface area contributed by atoms with Gasteiger partial charge < -0.3 is 40.3 Å². The molecular formula is C30H42F2N8O4. The lowest BCUT2D eigenvalue weighted by molar-refractivity contribution is -0.191. The molecular weight excluding hydrogens is 574 g/mol. The highest BCUT2D eigenvalue weighted by atomic mass is 19.3. The van der Waals surface area contributed by atoms with Gasteiger partial charge in [-0.15, -0.1) is 0 Å². The second-order valence-electron chi connectivity index (χ2n) is 11.9. The van der Waals surface area contributed by atoms with Crippen molar-refractivity contribution in [2.45, 2.75) is 69.0 Å². The molecule has 1 aliphatic carbocycles. The number of aromatic nitrogens is 1. The third-order valence-electron chi connectivity index (χ3n) is 8.60. The summed E-state index contributed by atoms with van der Waals surface area (Å²) in [6.07, 6.45) is 3.66. The number of carbonyl (C=O) groups is 1. The van der Waals surface area contributed by atoms with Crippen LogP contribution in [-0.2, 0) is 9.53 Å². The van der Waals surface area contributed by atoms with Crippen molar-refractivity contribution in [1.82, 2.24) is 14.8 Å². The molecule has 44 heavy (non-hydrogen) atoms. The van der Waals surface area contributed by atoms with E-state index in [-0.39, 0.29) is 19.0 Å². The normalized spacial score (nSPS) is 29.6. The van der Waals surface area contributed by atoms with Crippen LogP contribution in [0.5, 0.6) is 5.88 Å². The Morgan fingerprint density at radius 1 is 1.27 bits per heavy atom. The molecule has 12 nitrogen and oxygen atoms in total. The second kappa shape index (κ2) is 13.3. The van der Waals surface area contributed by atoms with E-state index in [1.807, 2.05) is 12.1 Å². The topological polar surface area (TPSA) is 141 Å². The van der Waals surface area contributed by atoms with E-state index in [0.29, 0.717) is 30.0 Å². The number of hydrogen-bond donors (Lipinski definition) is 3. The fourth-order valence-corrected chi connectivity index (χ4v) is 5.86. The first kappa shape index (κ1) is 31.9. The van der Waals surface area contributed by atoms with Crippen LogP contribution in [0.15, 0.2) is 45.9 Å². The summed E-state index contributed by atoms with van der Waals surface area (Å²) < 4.78 is 41.1. The van der Waals surface area contributed by atoms with Gasteiger partial charge in [-0.2, -0.15) is 4.98 Å². The van der Waals surface area contributed by atoms with E-state index >= 15 is 0 Å². The summed E-state index contributed by atoms with van der Waals surface area (Å²) in [4.78, 5) is 31.2. The number of hydrogen-bond acceptors (Lipinski definition) is 11. The first-order chi connectivity index (χ1) is 20.9. The van der Waals surface area contributed by atoms with Crippen molar-refractivity contribution in [1.29, 1.82) is 0 Å². The third-order valence-corrected chi connectivity index (χ3v) is 8.60. The van der Waals surface area contributed by atoms with E-state index in [4.69, 9.17) is 15.2 Å². The summed E-state index contributed by atoms with van der Waals surface area (Å²) in [5.74, 6) is -2.19. The number of halogens is 2. The molecule has 0 spiro atoms. The lowest BCUT2D eigenvalue weighted by atomic mass is 9.93. The number of rotatable bonds is 7. The van der Waals surface area contributed by atoms with Crippen molar-refractivity contribution in [3.8, 4) is 5.88 Å². The molecule has 4 unspecified atom stereocenters. The molecule has 1 amide bonds. The number of anilines is 2. The fraction of sp³-hybridized carbons (Fsp3) is 0.600. The van der Waals surface area contributed by atoms with Crippen molar-refractivity contribution in [2.75, 3.05) is 57.1 Å². The monoisotopic (exact) mass is 616 g/mol. The summed E-state index contributed by atoms with van der Waals surface area (Å²) in [5, 5.41) is 12.8. The fourth-order valence-electron chi connectivity index (χ4n) is 5.86. The van der Waals surface area contributed by atoms with Crippen LogP contribution in [0.25, 0.3) is 0 Å². The number of methoxy groups -OCH3 is 1. The standard InChI is InChI=1S/C30H42F2N8O4/c1-18-15-39(12-11-38(18)3)23-6-8-26(37-28(23)43-4)36-27-14-22(34-17-35-27)20-5-7-24(21(33)13-20)44-25-9-10-40(16-30(25,31)32)29(42)19(2)41/h5-8,13,17-19,21-22,24-25,41H,9-12,14-16,33H2,1-4H3,(H,34,35,36,37)/t18-,19+,21?,22?,24?,25?/m1/s1. The van der Waals surface area contributed by atoms with Gasteiger partial charge >= 0.3 is 0 Å². The minimum absolute atomic E-state index is 0.0637. The lowest BCUT2D eigenvalue weighted by Gasteiger charge is -2.40. The maximum atomic E-state index is 14.9. The summed E-state index contributed by atoms with van der Waals surface area (Å²) >= 11 is 0. The average molecular weight is 617 g/mol. The predicted molar refractivity (Wildman–Crippen MR) is 165 cm³/mol. The number of likely N-dealkylation sites (tertiary alicyclic amines) is 1. The van der Waals surface area contributed by atoms with E-state index in [2.05, 4.69) is 44.1 Å². The number of aliphatic imine (C=N–C) groups is 2. The molecule has 2 saturated heterocycles. The van der Waals surface area contributed by atoms with Gasteiger partial charge in [-0.3, -0.25) is 9.79 Å². The first-order valence-electron chi connectivity index (χ1n) is 15.0. The summed E-state index contributed by atoms with van der Waals surface area (Å²) in [6, 6.07) is 3.39. The van der Waals surface area contributed by atoms with E-state index < -0.39 is 42.7 Å². The molecule has 6 atom stereocenters. The van der Waals surface area contributed by atoms with Gasteiger partial charge in [0.1, 0.15) is 35.9 Å². The highest BCUT2D eigenvalue weighted by molar-refractivity contribution is 6.00. The summed E-state index contributed by atoms with van der Waals surface area (Å²) in [5.41, 5.74) is 8.13. The zero-order valence-corrected chi connectivity index (χ0v) is 25.6. The number of nitrogens with one attached hydrogen (secondary N) is 1. The van der Waals surface area contributed by atoms with Crippen molar-refractivity contribution in [3.63, 3.8) is 0 Å². The zero-order valence-electron chi connectivity index (χ0n) is 25.6. The molecule has 1 aromatic heterocycles. The van der Waals surface area contributed by atoms with Crippen LogP contribution in [-0.4, -0.2) is 127 Å². The maximum absolute atomic E-state index is 14.9. The number of nitrogens with zero attached hydrogens (tertiary/aromatic N) is 6. The van der Waals surface area contributed by atoms with E-state index in [1.54, 1.807) is 25.3 Å². The zero-order chi connectivity index (χ0) is 31.6.